The Morgan fingerprint density at radius 3 is 2.52 bits per heavy atom. The minimum atomic E-state index is -3.64. The zero-order chi connectivity index (χ0) is 17.0. The van der Waals surface area contributed by atoms with Gasteiger partial charge in [0.05, 0.1) is 11.4 Å². The molecule has 0 aliphatic carbocycles. The Bertz CT molecular complexity index is 687. The summed E-state index contributed by atoms with van der Waals surface area (Å²) in [4.78, 5) is 23.7. The second-order valence-electron chi connectivity index (χ2n) is 5.28. The fraction of sp³-hybridized carbons (Fsp3) is 0.429. The van der Waals surface area contributed by atoms with Crippen molar-refractivity contribution in [3.05, 3.63) is 24.3 Å². The van der Waals surface area contributed by atoms with Gasteiger partial charge in [-0.3, -0.25) is 4.79 Å². The molecule has 2 rings (SSSR count). The van der Waals surface area contributed by atoms with Crippen molar-refractivity contribution in [3.8, 4) is 0 Å². The number of hydrogen-bond acceptors (Lipinski definition) is 5. The predicted molar refractivity (Wildman–Crippen MR) is 83.5 cm³/mol. The van der Waals surface area contributed by atoms with Crippen LogP contribution in [-0.4, -0.2) is 51.6 Å². The Balaban J connectivity index is 1.89. The number of ether oxygens (including phenoxy) is 1. The highest BCUT2D eigenvalue weighted by Gasteiger charge is 2.28. The molecule has 1 saturated heterocycles. The highest BCUT2D eigenvalue weighted by molar-refractivity contribution is 7.89. The van der Waals surface area contributed by atoms with Crippen LogP contribution in [0.15, 0.2) is 29.2 Å². The van der Waals surface area contributed by atoms with E-state index in [0.29, 0.717) is 18.7 Å². The number of carbonyl (C=O) groups excluding carboxylic acids is 2. The average molecular weight is 341 g/mol. The lowest BCUT2D eigenvalue weighted by Crippen LogP contribution is -2.28. The van der Waals surface area contributed by atoms with E-state index in [1.165, 1.54) is 36.1 Å². The van der Waals surface area contributed by atoms with Crippen LogP contribution in [-0.2, 0) is 19.6 Å². The van der Waals surface area contributed by atoms with E-state index in [1.807, 2.05) is 0 Å². The second kappa shape index (κ2) is 6.97. The fourth-order valence-electron chi connectivity index (χ4n) is 2.16. The first-order valence-electron chi connectivity index (χ1n) is 7.07. The van der Waals surface area contributed by atoms with Crippen molar-refractivity contribution in [1.29, 1.82) is 0 Å². The van der Waals surface area contributed by atoms with Crippen molar-refractivity contribution in [2.45, 2.75) is 24.3 Å². The van der Waals surface area contributed by atoms with Crippen molar-refractivity contribution in [2.75, 3.05) is 25.5 Å². The van der Waals surface area contributed by atoms with Crippen LogP contribution in [0.2, 0.25) is 0 Å². The molecule has 23 heavy (non-hydrogen) atoms. The standard InChI is InChI=1S/C14H19N3O5S/c1-10(18)16-11-3-5-13(6-4-11)23(20,21)15-8-7-12-9-17(2)14(19)22-12/h3-6,12,15H,7-9H2,1-2H3,(H,16,18). The number of cyclic esters (lactones) is 1. The summed E-state index contributed by atoms with van der Waals surface area (Å²) in [6.07, 6.45) is -0.303. The Labute approximate surface area is 134 Å². The minimum Gasteiger partial charge on any atom is -0.444 e. The molecule has 1 aliphatic heterocycles. The van der Waals surface area contributed by atoms with Gasteiger partial charge in [0.25, 0.3) is 0 Å². The van der Waals surface area contributed by atoms with Crippen molar-refractivity contribution < 1.29 is 22.7 Å². The van der Waals surface area contributed by atoms with E-state index in [1.54, 1.807) is 7.05 Å². The Morgan fingerprint density at radius 1 is 1.35 bits per heavy atom. The molecule has 1 heterocycles. The maximum absolute atomic E-state index is 12.2. The van der Waals surface area contributed by atoms with Gasteiger partial charge < -0.3 is 15.0 Å². The summed E-state index contributed by atoms with van der Waals surface area (Å²) in [6.45, 7) is 1.99. The molecule has 0 saturated carbocycles. The molecule has 0 bridgehead atoms. The van der Waals surface area contributed by atoms with E-state index in [9.17, 15) is 18.0 Å². The number of sulfonamides is 1. The number of nitrogens with one attached hydrogen (secondary N) is 2. The van der Waals surface area contributed by atoms with Gasteiger partial charge in [-0.25, -0.2) is 17.9 Å². The van der Waals surface area contributed by atoms with Crippen LogP contribution in [0, 0.1) is 0 Å². The summed E-state index contributed by atoms with van der Waals surface area (Å²) >= 11 is 0. The summed E-state index contributed by atoms with van der Waals surface area (Å²) < 4.78 is 31.8. The van der Waals surface area contributed by atoms with Gasteiger partial charge in [-0.05, 0) is 30.7 Å². The molecule has 1 aromatic rings. The van der Waals surface area contributed by atoms with Crippen molar-refractivity contribution in [3.63, 3.8) is 0 Å². The number of likely N-dealkylation sites (N-methyl/N-ethyl adjacent to an activating group) is 1. The Hall–Kier alpha value is -2.13. The topological polar surface area (TPSA) is 105 Å². The fourth-order valence-corrected chi connectivity index (χ4v) is 3.21. The Morgan fingerprint density at radius 2 is 2.00 bits per heavy atom. The van der Waals surface area contributed by atoms with Gasteiger partial charge in [0.1, 0.15) is 6.10 Å². The molecular weight excluding hydrogens is 322 g/mol. The van der Waals surface area contributed by atoms with E-state index >= 15 is 0 Å². The molecule has 9 heteroatoms. The Kier molecular flexibility index (Phi) is 5.22. The molecule has 1 fully saturated rings. The highest BCUT2D eigenvalue weighted by Crippen LogP contribution is 2.15. The number of benzene rings is 1. The summed E-state index contributed by atoms with van der Waals surface area (Å²) in [5.41, 5.74) is 0.525. The highest BCUT2D eigenvalue weighted by atomic mass is 32.2. The van der Waals surface area contributed by atoms with Gasteiger partial charge in [-0.1, -0.05) is 0 Å². The number of anilines is 1. The van der Waals surface area contributed by atoms with Crippen LogP contribution >= 0.6 is 0 Å². The van der Waals surface area contributed by atoms with Gasteiger partial charge in [0.15, 0.2) is 0 Å². The molecule has 1 unspecified atom stereocenters. The molecule has 8 nitrogen and oxygen atoms in total. The maximum Gasteiger partial charge on any atom is 0.409 e. The lowest BCUT2D eigenvalue weighted by atomic mass is 10.2. The number of carbonyl (C=O) groups is 2. The zero-order valence-corrected chi connectivity index (χ0v) is 13.7. The lowest BCUT2D eigenvalue weighted by Gasteiger charge is -2.10. The van der Waals surface area contributed by atoms with E-state index in [-0.39, 0.29) is 23.5 Å². The molecule has 0 aromatic heterocycles. The molecule has 2 amide bonds. The number of amides is 2. The molecule has 2 N–H and O–H groups in total. The van der Waals surface area contributed by atoms with E-state index in [0.717, 1.165) is 0 Å². The van der Waals surface area contributed by atoms with Crippen LogP contribution in [0.4, 0.5) is 10.5 Å². The molecule has 1 atom stereocenters. The summed E-state index contributed by atoms with van der Waals surface area (Å²) in [7, 11) is -2.01. The summed E-state index contributed by atoms with van der Waals surface area (Å²) in [5, 5.41) is 2.56. The van der Waals surface area contributed by atoms with Crippen LogP contribution in [0.5, 0.6) is 0 Å². The van der Waals surface area contributed by atoms with Crippen LogP contribution in [0.3, 0.4) is 0 Å². The summed E-state index contributed by atoms with van der Waals surface area (Å²) in [6, 6.07) is 5.86. The third kappa shape index (κ3) is 4.67. The molecule has 1 aromatic carbocycles. The van der Waals surface area contributed by atoms with Crippen LogP contribution < -0.4 is 10.0 Å². The van der Waals surface area contributed by atoms with Crippen molar-refractivity contribution in [2.24, 2.45) is 0 Å². The summed E-state index contributed by atoms with van der Waals surface area (Å²) in [5.74, 6) is -0.227. The average Bonchev–Trinajstić information content (AvgIpc) is 2.77. The minimum absolute atomic E-state index is 0.104. The van der Waals surface area contributed by atoms with Crippen LogP contribution in [0.25, 0.3) is 0 Å². The third-order valence-electron chi connectivity index (χ3n) is 3.30. The number of rotatable bonds is 6. The lowest BCUT2D eigenvalue weighted by molar-refractivity contribution is -0.114. The predicted octanol–water partition coefficient (Wildman–Crippen LogP) is 0.764. The van der Waals surface area contributed by atoms with E-state index < -0.39 is 16.1 Å². The van der Waals surface area contributed by atoms with E-state index in [4.69, 9.17) is 4.74 Å². The van der Waals surface area contributed by atoms with E-state index in [2.05, 4.69) is 10.0 Å². The molecule has 0 spiro atoms. The number of nitrogens with zero attached hydrogens (tertiary/aromatic N) is 1. The first kappa shape index (κ1) is 17.2. The quantitative estimate of drug-likeness (QED) is 0.795. The molecule has 126 valence electrons. The van der Waals surface area contributed by atoms with Crippen molar-refractivity contribution in [1.82, 2.24) is 9.62 Å². The maximum atomic E-state index is 12.2. The van der Waals surface area contributed by atoms with Gasteiger partial charge in [-0.15, -0.1) is 0 Å². The van der Waals surface area contributed by atoms with Gasteiger partial charge in [0, 0.05) is 26.2 Å². The van der Waals surface area contributed by atoms with Gasteiger partial charge in [0.2, 0.25) is 15.9 Å². The zero-order valence-electron chi connectivity index (χ0n) is 12.9. The largest absolute Gasteiger partial charge is 0.444 e. The van der Waals surface area contributed by atoms with Gasteiger partial charge >= 0.3 is 6.09 Å². The molecule has 0 radical (unpaired) electrons. The molecular formula is C14H19N3O5S. The first-order chi connectivity index (χ1) is 10.8. The van der Waals surface area contributed by atoms with Crippen LogP contribution in [0.1, 0.15) is 13.3 Å². The number of hydrogen-bond donors (Lipinski definition) is 2. The normalized spacial score (nSPS) is 17.9. The molecule has 1 aliphatic rings. The smallest absolute Gasteiger partial charge is 0.409 e. The van der Waals surface area contributed by atoms with Crippen molar-refractivity contribution >= 4 is 27.7 Å². The second-order valence-corrected chi connectivity index (χ2v) is 7.05. The first-order valence-corrected chi connectivity index (χ1v) is 8.55. The third-order valence-corrected chi connectivity index (χ3v) is 4.78. The SMILES string of the molecule is CC(=O)Nc1ccc(S(=O)(=O)NCCC2CN(C)C(=O)O2)cc1. The monoisotopic (exact) mass is 341 g/mol. The van der Waals surface area contributed by atoms with Gasteiger partial charge in [-0.2, -0.15) is 0 Å².